The van der Waals surface area contributed by atoms with Crippen LogP contribution < -0.4 is 11.1 Å². The van der Waals surface area contributed by atoms with Crippen LogP contribution >= 0.6 is 12.4 Å². The van der Waals surface area contributed by atoms with Gasteiger partial charge in [0.05, 0.1) is 24.0 Å². The summed E-state index contributed by atoms with van der Waals surface area (Å²) < 4.78 is 22.9. The van der Waals surface area contributed by atoms with Gasteiger partial charge in [0.15, 0.2) is 5.78 Å². The first-order chi connectivity index (χ1) is 18.8. The number of fused-ring (bicyclic) bond motifs is 2. The minimum atomic E-state index is -0.902. The number of ketones is 2. The molecule has 0 aromatic rings. The molecule has 228 valence electrons. The number of carbonyl (C=O) groups is 4. The number of rotatable bonds is 4. The van der Waals surface area contributed by atoms with Crippen molar-refractivity contribution >= 4 is 36.0 Å². The third-order valence-corrected chi connectivity index (χ3v) is 7.29. The summed E-state index contributed by atoms with van der Waals surface area (Å²) in [4.78, 5) is 50.5. The van der Waals surface area contributed by atoms with Crippen LogP contribution in [0.1, 0.15) is 41.0 Å². The third kappa shape index (κ3) is 9.49. The lowest BCUT2D eigenvalue weighted by Crippen LogP contribution is -2.40. The Kier molecular flexibility index (Phi) is 14.4. The van der Waals surface area contributed by atoms with Gasteiger partial charge in [0.2, 0.25) is 5.78 Å². The van der Waals surface area contributed by atoms with Gasteiger partial charge in [-0.15, -0.1) is 12.4 Å². The molecule has 0 saturated heterocycles. The number of ether oxygens (including phenoxy) is 4. The molecule has 0 saturated carbocycles. The van der Waals surface area contributed by atoms with Crippen molar-refractivity contribution in [1.29, 1.82) is 0 Å². The van der Waals surface area contributed by atoms with Gasteiger partial charge in [-0.25, -0.2) is 4.79 Å². The number of nitrogens with one attached hydrogen (secondary N) is 1. The Morgan fingerprint density at radius 1 is 0.951 bits per heavy atom. The summed E-state index contributed by atoms with van der Waals surface area (Å²) >= 11 is 0. The van der Waals surface area contributed by atoms with Gasteiger partial charge >= 0.3 is 6.09 Å². The highest BCUT2D eigenvalue weighted by Crippen LogP contribution is 2.30. The number of primary amides is 1. The lowest BCUT2D eigenvalue weighted by atomic mass is 9.83. The molecule has 2 rings (SSSR count). The molecule has 11 heteroatoms. The molecular weight excluding hydrogens is 552 g/mol. The van der Waals surface area contributed by atoms with Crippen LogP contribution in [0.2, 0.25) is 0 Å². The fourth-order valence-corrected chi connectivity index (χ4v) is 5.27. The van der Waals surface area contributed by atoms with Crippen molar-refractivity contribution in [3.63, 3.8) is 0 Å². The highest BCUT2D eigenvalue weighted by molar-refractivity contribution is 6.22. The maximum atomic E-state index is 13.4. The molecule has 2 amide bonds. The monoisotopic (exact) mass is 594 g/mol. The van der Waals surface area contributed by atoms with Gasteiger partial charge < -0.3 is 30.0 Å². The predicted octanol–water partition coefficient (Wildman–Crippen LogP) is 3.76. The number of hydrogen-bond donors (Lipinski definition) is 2. The van der Waals surface area contributed by atoms with Crippen molar-refractivity contribution < 1.29 is 38.1 Å². The molecule has 0 aromatic carbocycles. The summed E-state index contributed by atoms with van der Waals surface area (Å²) in [5, 5.41) is 2.56. The largest absolute Gasteiger partial charge is 0.441 e. The van der Waals surface area contributed by atoms with Crippen LogP contribution in [0, 0.1) is 17.8 Å². The van der Waals surface area contributed by atoms with Crippen LogP contribution in [0.15, 0.2) is 58.9 Å². The van der Waals surface area contributed by atoms with E-state index in [0.717, 1.165) is 11.6 Å². The van der Waals surface area contributed by atoms with Crippen LogP contribution in [0.5, 0.6) is 0 Å². The fourth-order valence-electron chi connectivity index (χ4n) is 5.27. The highest BCUT2D eigenvalue weighted by atomic mass is 35.5. The molecule has 1 aliphatic carbocycles. The quantitative estimate of drug-likeness (QED) is 0.370. The molecular formula is C30H43ClN2O8. The second-order valence-electron chi connectivity index (χ2n) is 10.4. The van der Waals surface area contributed by atoms with E-state index in [0.29, 0.717) is 12.0 Å². The molecule has 0 spiro atoms. The lowest BCUT2D eigenvalue weighted by Gasteiger charge is -2.34. The number of hydrogen-bond acceptors (Lipinski definition) is 8. The Morgan fingerprint density at radius 3 is 2.17 bits per heavy atom. The number of Topliss-reactive ketones (excluding diaryl/α,β-unsaturated/α-hetero) is 1. The second-order valence-corrected chi connectivity index (χ2v) is 10.4. The standard InChI is InChI=1S/C30H42N2O8.ClH/c1-16-10-9-11-17(2)29(35)32-23-15-21(33)14-22(25(23)34)27(38-7)20(5)13-24(37-6)28(39-8)19(4)12-18(3)26(16)40-30(31)36;/h9-12,14-16,19-20,24,26-28H,13H2,1-8H3,(H2,31,36)(H,32,35);1H/b10-9-,17-11+,18-12+;/t16-,19-,20-,24-,26+,27+,28+;/m0./s1. The molecule has 1 aliphatic heterocycles. The van der Waals surface area contributed by atoms with Gasteiger partial charge in [-0.05, 0) is 37.8 Å². The Bertz CT molecular complexity index is 1140. The molecule has 0 unspecified atom stereocenters. The van der Waals surface area contributed by atoms with Gasteiger partial charge in [-0.2, -0.15) is 0 Å². The minimum absolute atomic E-state index is 0. The second kappa shape index (κ2) is 16.4. The van der Waals surface area contributed by atoms with Gasteiger partial charge in [-0.1, -0.05) is 45.1 Å². The summed E-state index contributed by atoms with van der Waals surface area (Å²) in [6.45, 7) is 9.17. The topological polar surface area (TPSA) is 143 Å². The lowest BCUT2D eigenvalue weighted by molar-refractivity contribution is -0.120. The van der Waals surface area contributed by atoms with E-state index < -0.39 is 48.0 Å². The van der Waals surface area contributed by atoms with Crippen LogP contribution in [-0.2, 0) is 33.3 Å². The van der Waals surface area contributed by atoms with Gasteiger partial charge in [0.25, 0.3) is 5.91 Å². The number of amides is 2. The van der Waals surface area contributed by atoms with Crippen molar-refractivity contribution in [2.45, 2.75) is 65.5 Å². The first-order valence-corrected chi connectivity index (χ1v) is 13.3. The minimum Gasteiger partial charge on any atom is -0.441 e. The van der Waals surface area contributed by atoms with Gasteiger partial charge in [0.1, 0.15) is 6.10 Å². The highest BCUT2D eigenvalue weighted by Gasteiger charge is 2.36. The van der Waals surface area contributed by atoms with Crippen molar-refractivity contribution in [3.05, 3.63) is 58.9 Å². The Labute approximate surface area is 248 Å². The molecule has 7 atom stereocenters. The van der Waals surface area contributed by atoms with E-state index >= 15 is 0 Å². The summed E-state index contributed by atoms with van der Waals surface area (Å²) in [5.74, 6) is -2.19. The smallest absolute Gasteiger partial charge is 0.405 e. The van der Waals surface area contributed by atoms with Crippen LogP contribution in [0.3, 0.4) is 0 Å². The number of methoxy groups -OCH3 is 3. The zero-order valence-electron chi connectivity index (χ0n) is 25.0. The fraction of sp³-hybridized carbons (Fsp3) is 0.533. The molecule has 2 bridgehead atoms. The van der Waals surface area contributed by atoms with E-state index in [2.05, 4.69) is 5.32 Å². The van der Waals surface area contributed by atoms with Crippen LogP contribution in [-0.4, -0.2) is 69.3 Å². The van der Waals surface area contributed by atoms with E-state index in [9.17, 15) is 19.2 Å². The molecule has 2 aliphatic rings. The van der Waals surface area contributed by atoms with Gasteiger partial charge in [0, 0.05) is 50.4 Å². The van der Waals surface area contributed by atoms with Gasteiger partial charge in [-0.3, -0.25) is 14.4 Å². The summed E-state index contributed by atoms with van der Waals surface area (Å²) in [6.07, 6.45) is 6.65. The molecule has 0 fully saturated rings. The zero-order valence-corrected chi connectivity index (χ0v) is 25.8. The molecule has 1 heterocycles. The number of halogens is 1. The maximum absolute atomic E-state index is 13.4. The SMILES string of the molecule is CO[C@H]1[C@@H](OC)C[C@H](C)[C@@H](OC)C2=CC(=O)C=C(NC(=O)/C(C)=C/C=C\[C@H](C)[C@@H](OC(N)=O)/C(C)=C/[C@@H]1C)C2=O.Cl. The van der Waals surface area contributed by atoms with E-state index in [1.165, 1.54) is 13.2 Å². The molecule has 41 heavy (non-hydrogen) atoms. The van der Waals surface area contributed by atoms with E-state index in [1.54, 1.807) is 39.4 Å². The van der Waals surface area contributed by atoms with E-state index in [4.69, 9.17) is 24.7 Å². The maximum Gasteiger partial charge on any atom is 0.405 e. The van der Waals surface area contributed by atoms with Crippen molar-refractivity contribution in [2.75, 3.05) is 21.3 Å². The summed E-state index contributed by atoms with van der Waals surface area (Å²) in [7, 11) is 4.64. The average molecular weight is 595 g/mol. The predicted molar refractivity (Wildman–Crippen MR) is 157 cm³/mol. The van der Waals surface area contributed by atoms with Crippen molar-refractivity contribution in [3.8, 4) is 0 Å². The summed E-state index contributed by atoms with van der Waals surface area (Å²) in [6, 6.07) is 0. The van der Waals surface area contributed by atoms with Crippen molar-refractivity contribution in [2.24, 2.45) is 23.5 Å². The Morgan fingerprint density at radius 2 is 1.61 bits per heavy atom. The average Bonchev–Trinajstić information content (AvgIpc) is 2.88. The number of carbonyl (C=O) groups excluding carboxylic acids is 4. The zero-order chi connectivity index (χ0) is 30.1. The molecule has 0 aromatic heterocycles. The molecule has 3 N–H and O–H groups in total. The normalized spacial score (nSPS) is 33.6. The third-order valence-electron chi connectivity index (χ3n) is 7.29. The molecule has 0 radical (unpaired) electrons. The number of nitrogens with two attached hydrogens (primary N) is 1. The van der Waals surface area contributed by atoms with E-state index in [1.807, 2.05) is 33.8 Å². The Hall–Kier alpha value is -3.05. The van der Waals surface area contributed by atoms with E-state index in [-0.39, 0.29) is 41.4 Å². The van der Waals surface area contributed by atoms with Crippen LogP contribution in [0.25, 0.3) is 0 Å². The number of allylic oxidation sites excluding steroid dienone is 5. The first-order valence-electron chi connectivity index (χ1n) is 13.3. The first kappa shape index (κ1) is 36.0. The summed E-state index contributed by atoms with van der Waals surface area (Å²) in [5.41, 5.74) is 6.49. The Balaban J connectivity index is 0.00000840. The van der Waals surface area contributed by atoms with Crippen LogP contribution in [0.4, 0.5) is 4.79 Å². The molecule has 10 nitrogen and oxygen atoms in total. The van der Waals surface area contributed by atoms with Crippen molar-refractivity contribution in [1.82, 2.24) is 5.32 Å².